The quantitative estimate of drug-likeness (QED) is 0.747. The highest BCUT2D eigenvalue weighted by molar-refractivity contribution is 7.89. The Morgan fingerprint density at radius 2 is 1.86 bits per heavy atom. The van der Waals surface area contributed by atoms with E-state index in [1.807, 2.05) is 6.07 Å². The second-order valence-electron chi connectivity index (χ2n) is 4.23. The topological polar surface area (TPSA) is 122 Å². The first kappa shape index (κ1) is 15.1. The number of nitrogens with two attached hydrogens (primary N) is 2. The van der Waals surface area contributed by atoms with Crippen LogP contribution >= 0.6 is 11.6 Å². The first-order valence-electron chi connectivity index (χ1n) is 5.70. The fourth-order valence-corrected chi connectivity index (χ4v) is 2.42. The molecule has 0 atom stereocenters. The molecule has 5 N–H and O–H groups in total. The zero-order chi connectivity index (χ0) is 15.6. The van der Waals surface area contributed by atoms with E-state index in [2.05, 4.69) is 5.32 Å². The highest BCUT2D eigenvalue weighted by Crippen LogP contribution is 2.30. The summed E-state index contributed by atoms with van der Waals surface area (Å²) in [6, 6.07) is 10.7. The molecule has 0 saturated carbocycles. The first-order valence-corrected chi connectivity index (χ1v) is 7.62. The van der Waals surface area contributed by atoms with Crippen molar-refractivity contribution in [2.45, 2.75) is 4.90 Å². The molecule has 6 nitrogen and oxygen atoms in total. The fourth-order valence-electron chi connectivity index (χ4n) is 1.65. The monoisotopic (exact) mass is 322 g/mol. The highest BCUT2D eigenvalue weighted by atomic mass is 35.5. The molecular weight excluding hydrogens is 312 g/mol. The molecule has 0 unspecified atom stereocenters. The molecule has 0 amide bonds. The molecule has 0 bridgehead atoms. The normalized spacial score (nSPS) is 10.9. The summed E-state index contributed by atoms with van der Waals surface area (Å²) >= 11 is 6.04. The van der Waals surface area contributed by atoms with Crippen LogP contribution in [0.4, 0.5) is 17.1 Å². The zero-order valence-electron chi connectivity index (χ0n) is 10.7. The molecule has 0 saturated heterocycles. The van der Waals surface area contributed by atoms with E-state index in [0.717, 1.165) is 0 Å². The van der Waals surface area contributed by atoms with Gasteiger partial charge in [0.25, 0.3) is 0 Å². The van der Waals surface area contributed by atoms with Gasteiger partial charge >= 0.3 is 0 Å². The number of hydrogen-bond donors (Lipinski definition) is 3. The van der Waals surface area contributed by atoms with Gasteiger partial charge in [0, 0.05) is 0 Å². The molecule has 2 rings (SSSR count). The van der Waals surface area contributed by atoms with Crippen LogP contribution in [0.25, 0.3) is 0 Å². The summed E-state index contributed by atoms with van der Waals surface area (Å²) in [6.45, 7) is 0. The van der Waals surface area contributed by atoms with Gasteiger partial charge in [0.2, 0.25) is 10.0 Å². The van der Waals surface area contributed by atoms with Crippen molar-refractivity contribution in [3.05, 3.63) is 47.0 Å². The number of sulfonamides is 1. The Kier molecular flexibility index (Phi) is 4.04. The SMILES string of the molecule is N#Cc1ccc(Nc2cc(S(N)(=O)=O)ccc2N)c(Cl)c1. The van der Waals surface area contributed by atoms with E-state index in [0.29, 0.717) is 27.6 Å². The van der Waals surface area contributed by atoms with Crippen LogP contribution in [0.3, 0.4) is 0 Å². The van der Waals surface area contributed by atoms with Gasteiger partial charge in [-0.2, -0.15) is 5.26 Å². The average Bonchev–Trinajstić information content (AvgIpc) is 2.42. The number of anilines is 3. The van der Waals surface area contributed by atoms with Crippen molar-refractivity contribution >= 4 is 38.7 Å². The molecule has 2 aromatic carbocycles. The molecule has 0 fully saturated rings. The van der Waals surface area contributed by atoms with Crippen molar-refractivity contribution in [3.8, 4) is 6.07 Å². The summed E-state index contributed by atoms with van der Waals surface area (Å²) < 4.78 is 22.7. The lowest BCUT2D eigenvalue weighted by Crippen LogP contribution is -2.12. The van der Waals surface area contributed by atoms with Crippen molar-refractivity contribution in [2.24, 2.45) is 5.14 Å². The summed E-state index contributed by atoms with van der Waals surface area (Å²) in [5.74, 6) is 0. The van der Waals surface area contributed by atoms with Crippen LogP contribution in [0, 0.1) is 11.3 Å². The Balaban J connectivity index is 2.42. The van der Waals surface area contributed by atoms with E-state index in [4.69, 9.17) is 27.7 Å². The van der Waals surface area contributed by atoms with E-state index in [1.165, 1.54) is 24.3 Å². The Hall–Kier alpha value is -2.27. The summed E-state index contributed by atoms with van der Waals surface area (Å²) in [6.07, 6.45) is 0. The van der Waals surface area contributed by atoms with Crippen molar-refractivity contribution in [3.63, 3.8) is 0 Å². The van der Waals surface area contributed by atoms with Crippen LogP contribution in [-0.2, 0) is 10.0 Å². The third kappa shape index (κ3) is 3.44. The molecule has 8 heteroatoms. The second kappa shape index (κ2) is 5.61. The third-order valence-electron chi connectivity index (χ3n) is 2.72. The van der Waals surface area contributed by atoms with Gasteiger partial charge in [-0.15, -0.1) is 0 Å². The minimum Gasteiger partial charge on any atom is -0.397 e. The third-order valence-corrected chi connectivity index (χ3v) is 3.94. The van der Waals surface area contributed by atoms with E-state index in [-0.39, 0.29) is 4.90 Å². The number of nitrogens with one attached hydrogen (secondary N) is 1. The van der Waals surface area contributed by atoms with Crippen LogP contribution in [0.1, 0.15) is 5.56 Å². The molecule has 2 aromatic rings. The molecule has 0 aliphatic rings. The van der Waals surface area contributed by atoms with Crippen LogP contribution in [0.5, 0.6) is 0 Å². The molecule has 0 aliphatic carbocycles. The van der Waals surface area contributed by atoms with E-state index >= 15 is 0 Å². The lowest BCUT2D eigenvalue weighted by molar-refractivity contribution is 0.598. The van der Waals surface area contributed by atoms with Crippen LogP contribution in [0.2, 0.25) is 5.02 Å². The molecule has 0 aliphatic heterocycles. The van der Waals surface area contributed by atoms with E-state index in [9.17, 15) is 8.42 Å². The van der Waals surface area contributed by atoms with Gasteiger partial charge in [-0.1, -0.05) is 11.6 Å². The molecule has 0 radical (unpaired) electrons. The Labute approximate surface area is 127 Å². The highest BCUT2D eigenvalue weighted by Gasteiger charge is 2.11. The summed E-state index contributed by atoms with van der Waals surface area (Å²) in [7, 11) is -3.83. The minimum atomic E-state index is -3.83. The van der Waals surface area contributed by atoms with Gasteiger partial charge in [0.05, 0.1) is 38.6 Å². The van der Waals surface area contributed by atoms with Gasteiger partial charge in [-0.05, 0) is 36.4 Å². The molecule has 21 heavy (non-hydrogen) atoms. The van der Waals surface area contributed by atoms with Crippen molar-refractivity contribution in [1.29, 1.82) is 5.26 Å². The molecule has 0 heterocycles. The van der Waals surface area contributed by atoms with Crippen molar-refractivity contribution < 1.29 is 8.42 Å². The number of nitriles is 1. The van der Waals surface area contributed by atoms with E-state index < -0.39 is 10.0 Å². The van der Waals surface area contributed by atoms with Crippen LogP contribution in [0.15, 0.2) is 41.3 Å². The minimum absolute atomic E-state index is 0.0658. The maximum atomic E-state index is 11.3. The molecule has 0 aromatic heterocycles. The standard InChI is InChI=1S/C13H11ClN4O2S/c14-10-5-8(7-15)1-4-12(10)18-13-6-9(21(17,19)20)2-3-11(13)16/h1-6,18H,16H2,(H2,17,19,20). The maximum absolute atomic E-state index is 11.3. The van der Waals surface area contributed by atoms with Crippen molar-refractivity contribution in [1.82, 2.24) is 0 Å². The molecule has 0 spiro atoms. The number of halogens is 1. The fraction of sp³-hybridized carbons (Fsp3) is 0. The number of primary sulfonamides is 1. The van der Waals surface area contributed by atoms with Gasteiger partial charge in [-0.3, -0.25) is 0 Å². The predicted molar refractivity (Wildman–Crippen MR) is 81.7 cm³/mol. The first-order chi connectivity index (χ1) is 9.81. The number of rotatable bonds is 3. The maximum Gasteiger partial charge on any atom is 0.238 e. The Morgan fingerprint density at radius 1 is 1.14 bits per heavy atom. The smallest absolute Gasteiger partial charge is 0.238 e. The Morgan fingerprint density at radius 3 is 2.43 bits per heavy atom. The van der Waals surface area contributed by atoms with Gasteiger partial charge in [0.15, 0.2) is 0 Å². The zero-order valence-corrected chi connectivity index (χ0v) is 12.2. The number of nitrogens with zero attached hydrogens (tertiary/aromatic N) is 1. The number of hydrogen-bond acceptors (Lipinski definition) is 5. The number of nitrogen functional groups attached to an aromatic ring is 1. The summed E-state index contributed by atoms with van der Waals surface area (Å²) in [4.78, 5) is -0.0658. The predicted octanol–water partition coefficient (Wildman–Crippen LogP) is 2.18. The largest absolute Gasteiger partial charge is 0.397 e. The van der Waals surface area contributed by atoms with Crippen molar-refractivity contribution in [2.75, 3.05) is 11.1 Å². The van der Waals surface area contributed by atoms with E-state index in [1.54, 1.807) is 12.1 Å². The average molecular weight is 323 g/mol. The van der Waals surface area contributed by atoms with Gasteiger partial charge in [0.1, 0.15) is 0 Å². The number of benzene rings is 2. The summed E-state index contributed by atoms with van der Waals surface area (Å²) in [5, 5.41) is 17.1. The lowest BCUT2D eigenvalue weighted by atomic mass is 10.2. The second-order valence-corrected chi connectivity index (χ2v) is 6.19. The van der Waals surface area contributed by atoms with Gasteiger partial charge in [-0.25, -0.2) is 13.6 Å². The van der Waals surface area contributed by atoms with Gasteiger partial charge < -0.3 is 11.1 Å². The Bertz CT molecular complexity index is 844. The molecular formula is C13H11ClN4O2S. The van der Waals surface area contributed by atoms with Crippen LogP contribution in [-0.4, -0.2) is 8.42 Å². The summed E-state index contributed by atoms with van der Waals surface area (Å²) in [5.41, 5.74) is 7.39. The van der Waals surface area contributed by atoms with Crippen LogP contribution < -0.4 is 16.2 Å². The lowest BCUT2D eigenvalue weighted by Gasteiger charge is -2.12. The molecule has 108 valence electrons.